The van der Waals surface area contributed by atoms with Gasteiger partial charge in [-0.25, -0.2) is 4.98 Å². The molecular formula is C17H19N5O. The van der Waals surface area contributed by atoms with Crippen molar-refractivity contribution in [1.82, 2.24) is 25.0 Å². The van der Waals surface area contributed by atoms with E-state index in [0.29, 0.717) is 12.5 Å². The highest BCUT2D eigenvalue weighted by atomic mass is 16.5. The van der Waals surface area contributed by atoms with E-state index in [9.17, 15) is 0 Å². The van der Waals surface area contributed by atoms with Gasteiger partial charge in [-0.2, -0.15) is 4.98 Å². The molecule has 0 amide bonds. The molecule has 23 heavy (non-hydrogen) atoms. The monoisotopic (exact) mass is 309 g/mol. The van der Waals surface area contributed by atoms with Gasteiger partial charge >= 0.3 is 0 Å². The third-order valence-electron chi connectivity index (χ3n) is 4.17. The number of imidazole rings is 1. The molecule has 1 atom stereocenters. The molecule has 1 unspecified atom stereocenters. The number of hydrogen-bond acceptors (Lipinski definition) is 5. The Morgan fingerprint density at radius 1 is 1.30 bits per heavy atom. The lowest BCUT2D eigenvalue weighted by Crippen LogP contribution is -2.18. The molecule has 4 rings (SSSR count). The van der Waals surface area contributed by atoms with Crippen LogP contribution >= 0.6 is 0 Å². The fraction of sp³-hybridized carbons (Fsp3) is 0.353. The van der Waals surface area contributed by atoms with Crippen LogP contribution in [0.1, 0.15) is 49.0 Å². The zero-order valence-corrected chi connectivity index (χ0v) is 13.0. The van der Waals surface area contributed by atoms with Crippen LogP contribution in [0.4, 0.5) is 0 Å². The minimum Gasteiger partial charge on any atom is -0.339 e. The SMILES string of the molecule is CC(NCc1noc(C2CC2)n1)c1ccc(-n2ccnc2)cc1. The maximum Gasteiger partial charge on any atom is 0.229 e. The van der Waals surface area contributed by atoms with Gasteiger partial charge in [0.05, 0.1) is 12.9 Å². The van der Waals surface area contributed by atoms with Gasteiger partial charge in [0.1, 0.15) is 0 Å². The number of benzene rings is 1. The average Bonchev–Trinajstić information content (AvgIpc) is 3.11. The van der Waals surface area contributed by atoms with E-state index in [0.717, 1.165) is 17.4 Å². The summed E-state index contributed by atoms with van der Waals surface area (Å²) in [6.07, 6.45) is 7.86. The first-order valence-electron chi connectivity index (χ1n) is 7.94. The molecule has 0 spiro atoms. The molecule has 1 aliphatic carbocycles. The van der Waals surface area contributed by atoms with Gasteiger partial charge in [0, 0.05) is 30.0 Å². The summed E-state index contributed by atoms with van der Waals surface area (Å²) in [7, 11) is 0. The van der Waals surface area contributed by atoms with E-state index in [2.05, 4.69) is 51.6 Å². The second kappa shape index (κ2) is 5.96. The lowest BCUT2D eigenvalue weighted by Gasteiger charge is -2.13. The minimum absolute atomic E-state index is 0.217. The lowest BCUT2D eigenvalue weighted by molar-refractivity contribution is 0.371. The average molecular weight is 309 g/mol. The smallest absolute Gasteiger partial charge is 0.229 e. The van der Waals surface area contributed by atoms with Crippen LogP contribution in [-0.2, 0) is 6.54 Å². The first-order chi connectivity index (χ1) is 11.3. The van der Waals surface area contributed by atoms with Crippen molar-refractivity contribution in [3.05, 3.63) is 60.3 Å². The van der Waals surface area contributed by atoms with Crippen LogP contribution < -0.4 is 5.32 Å². The standard InChI is InChI=1S/C17H19N5O/c1-12(19-10-16-20-17(23-21-16)14-2-3-14)13-4-6-15(7-5-13)22-9-8-18-11-22/h4-9,11-12,14,19H,2-3,10H2,1H3. The molecule has 0 bridgehead atoms. The lowest BCUT2D eigenvalue weighted by atomic mass is 10.1. The minimum atomic E-state index is 0.217. The highest BCUT2D eigenvalue weighted by molar-refractivity contribution is 5.35. The Labute approximate surface area is 134 Å². The van der Waals surface area contributed by atoms with Crippen molar-refractivity contribution in [2.24, 2.45) is 0 Å². The van der Waals surface area contributed by atoms with E-state index in [-0.39, 0.29) is 6.04 Å². The van der Waals surface area contributed by atoms with Gasteiger partial charge in [-0.3, -0.25) is 0 Å². The van der Waals surface area contributed by atoms with Crippen LogP contribution in [0, 0.1) is 0 Å². The van der Waals surface area contributed by atoms with E-state index < -0.39 is 0 Å². The van der Waals surface area contributed by atoms with Gasteiger partial charge in [0.2, 0.25) is 5.89 Å². The zero-order chi connectivity index (χ0) is 15.6. The normalized spacial score (nSPS) is 15.7. The Kier molecular flexibility index (Phi) is 3.67. The Balaban J connectivity index is 1.37. The maximum atomic E-state index is 5.27. The van der Waals surface area contributed by atoms with E-state index >= 15 is 0 Å². The summed E-state index contributed by atoms with van der Waals surface area (Å²) in [6.45, 7) is 2.74. The van der Waals surface area contributed by atoms with Crippen molar-refractivity contribution < 1.29 is 4.52 Å². The molecule has 2 aromatic heterocycles. The number of nitrogens with one attached hydrogen (secondary N) is 1. The van der Waals surface area contributed by atoms with Crippen molar-refractivity contribution in [2.75, 3.05) is 0 Å². The summed E-state index contributed by atoms with van der Waals surface area (Å²) in [4.78, 5) is 8.50. The molecular weight excluding hydrogens is 290 g/mol. The Morgan fingerprint density at radius 2 is 2.13 bits per heavy atom. The quantitative estimate of drug-likeness (QED) is 0.758. The molecule has 2 heterocycles. The third-order valence-corrected chi connectivity index (χ3v) is 4.17. The second-order valence-corrected chi connectivity index (χ2v) is 5.99. The summed E-state index contributed by atoms with van der Waals surface area (Å²) in [5, 5.41) is 7.47. The summed E-state index contributed by atoms with van der Waals surface area (Å²) in [5.74, 6) is 2.03. The molecule has 1 saturated carbocycles. The maximum absolute atomic E-state index is 5.27. The summed E-state index contributed by atoms with van der Waals surface area (Å²) >= 11 is 0. The van der Waals surface area contributed by atoms with Crippen molar-refractivity contribution in [1.29, 1.82) is 0 Å². The van der Waals surface area contributed by atoms with Gasteiger partial charge in [-0.15, -0.1) is 0 Å². The van der Waals surface area contributed by atoms with Crippen LogP contribution in [0.3, 0.4) is 0 Å². The molecule has 118 valence electrons. The Hall–Kier alpha value is -2.47. The first-order valence-corrected chi connectivity index (χ1v) is 7.94. The number of nitrogens with zero attached hydrogens (tertiary/aromatic N) is 4. The topological polar surface area (TPSA) is 68.8 Å². The van der Waals surface area contributed by atoms with Crippen LogP contribution in [0.15, 0.2) is 47.5 Å². The molecule has 3 aromatic rings. The predicted octanol–water partition coefficient (Wildman–Crippen LogP) is 2.98. The van der Waals surface area contributed by atoms with Crippen molar-refractivity contribution in [3.63, 3.8) is 0 Å². The second-order valence-electron chi connectivity index (χ2n) is 5.99. The van der Waals surface area contributed by atoms with Gasteiger partial charge in [0.15, 0.2) is 5.82 Å². The van der Waals surface area contributed by atoms with Crippen molar-refractivity contribution in [2.45, 2.75) is 38.3 Å². The summed E-state index contributed by atoms with van der Waals surface area (Å²) in [5.41, 5.74) is 2.32. The number of aromatic nitrogens is 4. The molecule has 1 aliphatic rings. The number of rotatable bonds is 6. The highest BCUT2D eigenvalue weighted by Gasteiger charge is 2.29. The van der Waals surface area contributed by atoms with E-state index in [4.69, 9.17) is 4.52 Å². The van der Waals surface area contributed by atoms with Crippen LogP contribution in [0.5, 0.6) is 0 Å². The summed E-state index contributed by atoms with van der Waals surface area (Å²) < 4.78 is 7.26. The first kappa shape index (κ1) is 14.1. The van der Waals surface area contributed by atoms with Crippen LogP contribution in [-0.4, -0.2) is 19.7 Å². The largest absolute Gasteiger partial charge is 0.339 e. The Morgan fingerprint density at radius 3 is 2.83 bits per heavy atom. The van der Waals surface area contributed by atoms with E-state index in [1.54, 1.807) is 12.5 Å². The highest BCUT2D eigenvalue weighted by Crippen LogP contribution is 2.38. The zero-order valence-electron chi connectivity index (χ0n) is 13.0. The molecule has 0 saturated heterocycles. The predicted molar refractivity (Wildman–Crippen MR) is 85.1 cm³/mol. The molecule has 1 N–H and O–H groups in total. The van der Waals surface area contributed by atoms with Crippen molar-refractivity contribution in [3.8, 4) is 5.69 Å². The van der Waals surface area contributed by atoms with Crippen LogP contribution in [0.2, 0.25) is 0 Å². The third kappa shape index (κ3) is 3.17. The van der Waals surface area contributed by atoms with Gasteiger partial charge < -0.3 is 14.4 Å². The molecule has 6 nitrogen and oxygen atoms in total. The molecule has 1 aromatic carbocycles. The molecule has 1 fully saturated rings. The summed E-state index contributed by atoms with van der Waals surface area (Å²) in [6, 6.07) is 8.65. The van der Waals surface area contributed by atoms with E-state index in [1.165, 1.54) is 18.4 Å². The van der Waals surface area contributed by atoms with Crippen LogP contribution in [0.25, 0.3) is 5.69 Å². The van der Waals surface area contributed by atoms with Gasteiger partial charge in [-0.1, -0.05) is 17.3 Å². The molecule has 0 radical (unpaired) electrons. The molecule has 0 aliphatic heterocycles. The fourth-order valence-corrected chi connectivity index (χ4v) is 2.54. The number of hydrogen-bond donors (Lipinski definition) is 1. The van der Waals surface area contributed by atoms with E-state index in [1.807, 2.05) is 10.8 Å². The van der Waals surface area contributed by atoms with Gasteiger partial charge in [0.25, 0.3) is 0 Å². The van der Waals surface area contributed by atoms with Crippen molar-refractivity contribution >= 4 is 0 Å². The molecule has 6 heteroatoms. The van der Waals surface area contributed by atoms with Gasteiger partial charge in [-0.05, 0) is 37.5 Å². The Bertz CT molecular complexity index is 759. The fourth-order valence-electron chi connectivity index (χ4n) is 2.54.